The van der Waals surface area contributed by atoms with Crippen molar-refractivity contribution in [2.75, 3.05) is 17.7 Å². The molecule has 0 radical (unpaired) electrons. The van der Waals surface area contributed by atoms with Gasteiger partial charge in [0.15, 0.2) is 11.5 Å². The highest BCUT2D eigenvalue weighted by Gasteiger charge is 2.16. The van der Waals surface area contributed by atoms with Gasteiger partial charge in [-0.05, 0) is 48.5 Å². The Hall–Kier alpha value is -2.77. The number of carbonyl (C=O) groups excluding carboxylic acids is 1. The molecule has 8 heteroatoms. The van der Waals surface area contributed by atoms with Gasteiger partial charge in [-0.25, -0.2) is 4.39 Å². The number of anilines is 2. The molecule has 0 aliphatic rings. The lowest BCUT2D eigenvalue weighted by Gasteiger charge is -2.18. The molecule has 0 spiro atoms. The van der Waals surface area contributed by atoms with Crippen LogP contribution in [-0.4, -0.2) is 13.0 Å². The molecule has 0 unspecified atom stereocenters. The molecule has 5 nitrogen and oxygen atoms in total. The molecule has 1 amide bonds. The van der Waals surface area contributed by atoms with E-state index in [1.807, 2.05) is 44.2 Å². The zero-order valence-corrected chi connectivity index (χ0v) is 20.9. The van der Waals surface area contributed by atoms with Crippen LogP contribution in [0.3, 0.4) is 0 Å². The Kier molecular flexibility index (Phi) is 8.58. The summed E-state index contributed by atoms with van der Waals surface area (Å²) in [6.45, 7) is 4.30. The monoisotopic (exact) mass is 534 g/mol. The van der Waals surface area contributed by atoms with Gasteiger partial charge in [-0.15, -0.1) is 0 Å². The van der Waals surface area contributed by atoms with Gasteiger partial charge in [0.1, 0.15) is 12.4 Å². The zero-order chi connectivity index (χ0) is 24.0. The minimum absolute atomic E-state index is 0.0286. The van der Waals surface area contributed by atoms with E-state index >= 15 is 0 Å². The summed E-state index contributed by atoms with van der Waals surface area (Å²) >= 11 is 9.73. The fraction of sp³-hybridized carbons (Fsp3) is 0.240. The lowest BCUT2D eigenvalue weighted by Crippen LogP contribution is -2.17. The second-order valence-electron chi connectivity index (χ2n) is 7.66. The van der Waals surface area contributed by atoms with Crippen molar-refractivity contribution in [1.82, 2.24) is 0 Å². The number of rotatable bonds is 9. The van der Waals surface area contributed by atoms with Crippen molar-refractivity contribution in [1.29, 1.82) is 0 Å². The standard InChI is InChI=1S/C25H25BrClFN2O3/c1-15(2)25(31)30-19-8-6-18(7-9-19)29-13-20-21(26)10-11-23(32-3)24(20)33-14-16-4-5-17(28)12-22(16)27/h4-12,15,29H,13-14H2,1-3H3,(H,30,31). The molecule has 2 N–H and O–H groups in total. The number of carbonyl (C=O) groups is 1. The van der Waals surface area contributed by atoms with Crippen LogP contribution in [0, 0.1) is 11.7 Å². The van der Waals surface area contributed by atoms with Gasteiger partial charge in [0, 0.05) is 39.4 Å². The van der Waals surface area contributed by atoms with Crippen LogP contribution < -0.4 is 20.1 Å². The van der Waals surface area contributed by atoms with Gasteiger partial charge in [-0.2, -0.15) is 0 Å². The largest absolute Gasteiger partial charge is 0.493 e. The van der Waals surface area contributed by atoms with Crippen molar-refractivity contribution in [3.63, 3.8) is 0 Å². The Morgan fingerprint density at radius 1 is 1.09 bits per heavy atom. The van der Waals surface area contributed by atoms with Crippen molar-refractivity contribution in [2.45, 2.75) is 27.0 Å². The van der Waals surface area contributed by atoms with E-state index in [1.54, 1.807) is 19.2 Å². The number of nitrogens with one attached hydrogen (secondary N) is 2. The highest BCUT2D eigenvalue weighted by atomic mass is 79.9. The minimum atomic E-state index is -0.400. The van der Waals surface area contributed by atoms with Gasteiger partial charge in [0.05, 0.1) is 12.1 Å². The summed E-state index contributed by atoms with van der Waals surface area (Å²) < 4.78 is 25.8. The average Bonchev–Trinajstić information content (AvgIpc) is 2.79. The van der Waals surface area contributed by atoms with Crippen molar-refractivity contribution >= 4 is 44.8 Å². The maximum Gasteiger partial charge on any atom is 0.226 e. The molecule has 0 bridgehead atoms. The quantitative estimate of drug-likeness (QED) is 0.309. The highest BCUT2D eigenvalue weighted by Crippen LogP contribution is 2.37. The summed E-state index contributed by atoms with van der Waals surface area (Å²) in [6, 6.07) is 15.4. The third-order valence-corrected chi connectivity index (χ3v) is 6.02. The van der Waals surface area contributed by atoms with Crippen molar-refractivity contribution in [3.05, 3.63) is 81.0 Å². The van der Waals surface area contributed by atoms with Crippen LogP contribution in [0.25, 0.3) is 0 Å². The number of halogens is 3. The van der Waals surface area contributed by atoms with E-state index in [0.717, 1.165) is 21.4 Å². The first-order valence-electron chi connectivity index (χ1n) is 10.4. The van der Waals surface area contributed by atoms with Crippen LogP contribution in [0.4, 0.5) is 15.8 Å². The van der Waals surface area contributed by atoms with E-state index in [2.05, 4.69) is 26.6 Å². The van der Waals surface area contributed by atoms with Gasteiger partial charge >= 0.3 is 0 Å². The molecule has 3 aromatic rings. The molecular formula is C25H25BrClFN2O3. The second kappa shape index (κ2) is 11.4. The number of benzene rings is 3. The van der Waals surface area contributed by atoms with Crippen LogP contribution >= 0.6 is 27.5 Å². The Morgan fingerprint density at radius 3 is 2.42 bits per heavy atom. The molecule has 0 saturated heterocycles. The van der Waals surface area contributed by atoms with E-state index in [-0.39, 0.29) is 18.4 Å². The van der Waals surface area contributed by atoms with Gasteiger partial charge in [0.25, 0.3) is 0 Å². The predicted molar refractivity (Wildman–Crippen MR) is 134 cm³/mol. The first-order valence-corrected chi connectivity index (χ1v) is 11.5. The first-order chi connectivity index (χ1) is 15.8. The molecule has 0 heterocycles. The maximum atomic E-state index is 13.4. The van der Waals surface area contributed by atoms with Gasteiger partial charge in [-0.1, -0.05) is 47.4 Å². The minimum Gasteiger partial charge on any atom is -0.493 e. The van der Waals surface area contributed by atoms with E-state index < -0.39 is 5.82 Å². The zero-order valence-electron chi connectivity index (χ0n) is 18.5. The molecule has 3 rings (SSSR count). The van der Waals surface area contributed by atoms with Crippen LogP contribution in [0.15, 0.2) is 59.1 Å². The first kappa shape index (κ1) is 24.9. The number of amides is 1. The lowest BCUT2D eigenvalue weighted by molar-refractivity contribution is -0.118. The second-order valence-corrected chi connectivity index (χ2v) is 8.92. The molecule has 0 saturated carbocycles. The van der Waals surface area contributed by atoms with Crippen LogP contribution in [0.5, 0.6) is 11.5 Å². The molecule has 3 aromatic carbocycles. The van der Waals surface area contributed by atoms with Crippen LogP contribution in [-0.2, 0) is 17.9 Å². The molecule has 0 aliphatic heterocycles. The number of hydrogen-bond donors (Lipinski definition) is 2. The molecule has 33 heavy (non-hydrogen) atoms. The summed E-state index contributed by atoms with van der Waals surface area (Å²) in [4.78, 5) is 11.9. The van der Waals surface area contributed by atoms with E-state index in [1.165, 1.54) is 12.1 Å². The van der Waals surface area contributed by atoms with Crippen LogP contribution in [0.2, 0.25) is 5.02 Å². The smallest absolute Gasteiger partial charge is 0.226 e. The highest BCUT2D eigenvalue weighted by molar-refractivity contribution is 9.10. The molecule has 174 valence electrons. The van der Waals surface area contributed by atoms with E-state index in [4.69, 9.17) is 21.1 Å². The SMILES string of the molecule is COc1ccc(Br)c(CNc2ccc(NC(=O)C(C)C)cc2)c1OCc1ccc(F)cc1Cl. The summed E-state index contributed by atoms with van der Waals surface area (Å²) in [7, 11) is 1.57. The average molecular weight is 536 g/mol. The topological polar surface area (TPSA) is 59.6 Å². The van der Waals surface area contributed by atoms with E-state index in [9.17, 15) is 9.18 Å². The summed E-state index contributed by atoms with van der Waals surface area (Å²) in [5, 5.41) is 6.53. The number of methoxy groups -OCH3 is 1. The maximum absolute atomic E-state index is 13.4. The fourth-order valence-corrected chi connectivity index (χ4v) is 3.68. The van der Waals surface area contributed by atoms with E-state index in [0.29, 0.717) is 28.6 Å². The molecule has 0 atom stereocenters. The number of ether oxygens (including phenoxy) is 2. The van der Waals surface area contributed by atoms with Crippen molar-refractivity contribution in [3.8, 4) is 11.5 Å². The predicted octanol–water partition coefficient (Wildman–Crippen LogP) is 7.04. The Balaban J connectivity index is 1.75. The van der Waals surface area contributed by atoms with Gasteiger partial charge in [0.2, 0.25) is 5.91 Å². The Bertz CT molecular complexity index is 1120. The van der Waals surface area contributed by atoms with Crippen molar-refractivity contribution < 1.29 is 18.7 Å². The molecular weight excluding hydrogens is 511 g/mol. The lowest BCUT2D eigenvalue weighted by atomic mass is 10.1. The third-order valence-electron chi connectivity index (χ3n) is 4.92. The Labute approximate surface area is 206 Å². The summed E-state index contributed by atoms with van der Waals surface area (Å²) in [6.07, 6.45) is 0. The molecule has 0 aliphatic carbocycles. The Morgan fingerprint density at radius 2 is 1.79 bits per heavy atom. The summed E-state index contributed by atoms with van der Waals surface area (Å²) in [5.74, 6) is 0.611. The summed E-state index contributed by atoms with van der Waals surface area (Å²) in [5.41, 5.74) is 3.13. The molecule has 0 fully saturated rings. The van der Waals surface area contributed by atoms with Gasteiger partial charge in [-0.3, -0.25) is 4.79 Å². The van der Waals surface area contributed by atoms with Crippen molar-refractivity contribution in [2.24, 2.45) is 5.92 Å². The normalized spacial score (nSPS) is 10.8. The molecule has 0 aromatic heterocycles. The number of hydrogen-bond acceptors (Lipinski definition) is 4. The third kappa shape index (κ3) is 6.62. The van der Waals surface area contributed by atoms with Crippen LogP contribution in [0.1, 0.15) is 25.0 Å². The van der Waals surface area contributed by atoms with Gasteiger partial charge < -0.3 is 20.1 Å². The fourth-order valence-electron chi connectivity index (χ4n) is 3.00.